The summed E-state index contributed by atoms with van der Waals surface area (Å²) >= 11 is 1.53. The molecule has 1 aliphatic carbocycles. The zero-order chi connectivity index (χ0) is 15.8. The van der Waals surface area contributed by atoms with Crippen LogP contribution in [0.2, 0.25) is 0 Å². The Morgan fingerprint density at radius 2 is 2.00 bits per heavy atom. The number of fused-ring (bicyclic) bond motifs is 3. The lowest BCUT2D eigenvalue weighted by Crippen LogP contribution is -2.38. The van der Waals surface area contributed by atoms with Gasteiger partial charge in [0.1, 0.15) is 12.4 Å². The molecule has 1 amide bonds. The van der Waals surface area contributed by atoms with Crippen LogP contribution in [0.4, 0.5) is 0 Å². The second kappa shape index (κ2) is 5.98. The lowest BCUT2D eigenvalue weighted by Gasteiger charge is -2.25. The van der Waals surface area contributed by atoms with E-state index < -0.39 is 0 Å². The molecule has 1 aromatic carbocycles. The Labute approximate surface area is 139 Å². The molecule has 0 spiro atoms. The Bertz CT molecular complexity index is 732. The summed E-state index contributed by atoms with van der Waals surface area (Å²) in [7, 11) is 0. The predicted octanol–water partition coefficient (Wildman–Crippen LogP) is 3.34. The van der Waals surface area contributed by atoms with Gasteiger partial charge in [-0.2, -0.15) is 0 Å². The molecule has 2 N–H and O–H groups in total. The van der Waals surface area contributed by atoms with Crippen LogP contribution in [-0.2, 0) is 6.61 Å². The first kappa shape index (κ1) is 14.7. The van der Waals surface area contributed by atoms with E-state index >= 15 is 0 Å². The molecule has 1 aliphatic heterocycles. The largest absolute Gasteiger partial charge is 0.488 e. The standard InChI is InChI=1S/C18H19NO3S/c20-13-7-5-12(6-8-13)19-18(21)16-9-11-10-22-15-4-2-1-3-14(15)17(11)23-16/h1-4,9,12-13,20H,5-8,10H2,(H,19,21). The summed E-state index contributed by atoms with van der Waals surface area (Å²) in [6.07, 6.45) is 3.04. The van der Waals surface area contributed by atoms with Gasteiger partial charge < -0.3 is 15.2 Å². The van der Waals surface area contributed by atoms with E-state index in [9.17, 15) is 9.90 Å². The second-order valence-electron chi connectivity index (χ2n) is 6.23. The van der Waals surface area contributed by atoms with Crippen molar-refractivity contribution in [3.05, 3.63) is 40.8 Å². The molecule has 120 valence electrons. The number of carbonyl (C=O) groups is 1. The lowest BCUT2D eigenvalue weighted by atomic mass is 9.93. The maximum absolute atomic E-state index is 12.5. The highest BCUT2D eigenvalue weighted by atomic mass is 32.1. The molecule has 0 bridgehead atoms. The van der Waals surface area contributed by atoms with Gasteiger partial charge >= 0.3 is 0 Å². The zero-order valence-electron chi connectivity index (χ0n) is 12.7. The maximum Gasteiger partial charge on any atom is 0.261 e. The van der Waals surface area contributed by atoms with Crippen LogP contribution >= 0.6 is 11.3 Å². The minimum absolute atomic E-state index is 0.0109. The molecule has 2 aromatic rings. The fourth-order valence-corrected chi connectivity index (χ4v) is 4.39. The predicted molar refractivity (Wildman–Crippen MR) is 89.8 cm³/mol. The number of para-hydroxylation sites is 1. The summed E-state index contributed by atoms with van der Waals surface area (Å²) in [6, 6.07) is 10.1. The Morgan fingerprint density at radius 1 is 1.22 bits per heavy atom. The Hall–Kier alpha value is -1.85. The number of carbonyl (C=O) groups excluding carboxylic acids is 1. The van der Waals surface area contributed by atoms with Crippen LogP contribution in [0.1, 0.15) is 40.9 Å². The van der Waals surface area contributed by atoms with Crippen LogP contribution in [0.5, 0.6) is 5.75 Å². The molecule has 0 unspecified atom stereocenters. The van der Waals surface area contributed by atoms with Crippen molar-refractivity contribution in [1.29, 1.82) is 0 Å². The summed E-state index contributed by atoms with van der Waals surface area (Å²) in [5.74, 6) is 0.873. The van der Waals surface area contributed by atoms with Gasteiger partial charge in [0.25, 0.3) is 5.91 Å². The second-order valence-corrected chi connectivity index (χ2v) is 7.28. The van der Waals surface area contributed by atoms with Crippen molar-refractivity contribution in [2.24, 2.45) is 0 Å². The molecule has 0 atom stereocenters. The number of ether oxygens (including phenoxy) is 1. The number of aliphatic hydroxyl groups excluding tert-OH is 1. The maximum atomic E-state index is 12.5. The number of nitrogens with one attached hydrogen (secondary N) is 1. The van der Waals surface area contributed by atoms with Gasteiger partial charge in [-0.25, -0.2) is 0 Å². The Kier molecular flexibility index (Phi) is 3.83. The van der Waals surface area contributed by atoms with Crippen LogP contribution in [0.15, 0.2) is 30.3 Å². The van der Waals surface area contributed by atoms with Crippen LogP contribution in [0.25, 0.3) is 10.4 Å². The van der Waals surface area contributed by atoms with E-state index in [4.69, 9.17) is 4.74 Å². The Balaban J connectivity index is 1.53. The van der Waals surface area contributed by atoms with Crippen LogP contribution in [0.3, 0.4) is 0 Å². The van der Waals surface area contributed by atoms with Gasteiger partial charge in [-0.1, -0.05) is 12.1 Å². The minimum atomic E-state index is -0.203. The van der Waals surface area contributed by atoms with Crippen molar-refractivity contribution in [3.63, 3.8) is 0 Å². The van der Waals surface area contributed by atoms with Crippen molar-refractivity contribution in [1.82, 2.24) is 5.32 Å². The van der Waals surface area contributed by atoms with Gasteiger partial charge in [0.05, 0.1) is 11.0 Å². The third-order valence-electron chi connectivity index (χ3n) is 4.58. The van der Waals surface area contributed by atoms with E-state index in [1.54, 1.807) is 0 Å². The number of rotatable bonds is 2. The average Bonchev–Trinajstić information content (AvgIpc) is 3.02. The highest BCUT2D eigenvalue weighted by Gasteiger charge is 2.25. The number of hydrogen-bond donors (Lipinski definition) is 2. The Morgan fingerprint density at radius 3 is 2.83 bits per heavy atom. The number of hydrogen-bond acceptors (Lipinski definition) is 4. The quantitative estimate of drug-likeness (QED) is 0.888. The monoisotopic (exact) mass is 329 g/mol. The highest BCUT2D eigenvalue weighted by molar-refractivity contribution is 7.17. The summed E-state index contributed by atoms with van der Waals surface area (Å²) < 4.78 is 5.75. The van der Waals surface area contributed by atoms with E-state index in [-0.39, 0.29) is 18.1 Å². The van der Waals surface area contributed by atoms with Crippen LogP contribution in [-0.4, -0.2) is 23.2 Å². The smallest absolute Gasteiger partial charge is 0.261 e. The van der Waals surface area contributed by atoms with Crippen molar-refractivity contribution < 1.29 is 14.6 Å². The number of benzene rings is 1. The van der Waals surface area contributed by atoms with Crippen molar-refractivity contribution in [2.45, 2.75) is 44.4 Å². The first-order valence-corrected chi connectivity index (χ1v) is 8.86. The fourth-order valence-electron chi connectivity index (χ4n) is 3.29. The first-order valence-electron chi connectivity index (χ1n) is 8.04. The highest BCUT2D eigenvalue weighted by Crippen LogP contribution is 2.42. The van der Waals surface area contributed by atoms with Gasteiger partial charge in [-0.05, 0) is 43.9 Å². The molecule has 0 saturated heterocycles. The van der Waals surface area contributed by atoms with E-state index in [0.29, 0.717) is 6.61 Å². The molecular formula is C18H19NO3S. The van der Waals surface area contributed by atoms with Crippen molar-refractivity contribution in [3.8, 4) is 16.2 Å². The van der Waals surface area contributed by atoms with E-state index in [1.807, 2.05) is 30.3 Å². The molecule has 2 aliphatic rings. The minimum Gasteiger partial charge on any atom is -0.488 e. The number of thiophene rings is 1. The van der Waals surface area contributed by atoms with Gasteiger partial charge in [-0.3, -0.25) is 4.79 Å². The van der Waals surface area contributed by atoms with Gasteiger partial charge in [0.15, 0.2) is 0 Å². The summed E-state index contributed by atoms with van der Waals surface area (Å²) in [5, 5.41) is 12.7. The summed E-state index contributed by atoms with van der Waals surface area (Å²) in [6.45, 7) is 0.520. The molecule has 5 heteroatoms. The molecule has 4 rings (SSSR count). The molecule has 4 nitrogen and oxygen atoms in total. The normalized spacial score (nSPS) is 22.7. The van der Waals surface area contributed by atoms with Gasteiger partial charge in [0.2, 0.25) is 0 Å². The lowest BCUT2D eigenvalue weighted by molar-refractivity contribution is 0.0871. The zero-order valence-corrected chi connectivity index (χ0v) is 13.6. The molecule has 23 heavy (non-hydrogen) atoms. The molecule has 1 aromatic heterocycles. The molecule has 1 fully saturated rings. The van der Waals surface area contributed by atoms with Gasteiger partial charge in [-0.15, -0.1) is 11.3 Å². The van der Waals surface area contributed by atoms with Crippen molar-refractivity contribution in [2.75, 3.05) is 0 Å². The SMILES string of the molecule is O=C(NC1CCC(O)CC1)c1cc2c(s1)-c1ccccc1OC2. The number of aliphatic hydroxyl groups is 1. The fraction of sp³-hybridized carbons (Fsp3) is 0.389. The van der Waals surface area contributed by atoms with Crippen molar-refractivity contribution >= 4 is 17.2 Å². The molecule has 2 heterocycles. The third-order valence-corrected chi connectivity index (χ3v) is 5.79. The molecule has 0 radical (unpaired) electrons. The average molecular weight is 329 g/mol. The van der Waals surface area contributed by atoms with E-state index in [2.05, 4.69) is 5.32 Å². The van der Waals surface area contributed by atoms with Gasteiger partial charge in [0, 0.05) is 22.0 Å². The first-order chi connectivity index (χ1) is 11.2. The molecular weight excluding hydrogens is 310 g/mol. The topological polar surface area (TPSA) is 58.6 Å². The number of amides is 1. The third kappa shape index (κ3) is 2.86. The summed E-state index contributed by atoms with van der Waals surface area (Å²) in [5.41, 5.74) is 2.15. The van der Waals surface area contributed by atoms with E-state index in [0.717, 1.165) is 52.3 Å². The van der Waals surface area contributed by atoms with E-state index in [1.165, 1.54) is 11.3 Å². The molecule has 1 saturated carbocycles. The van der Waals surface area contributed by atoms with Crippen LogP contribution in [0, 0.1) is 0 Å². The van der Waals surface area contributed by atoms with Crippen LogP contribution < -0.4 is 10.1 Å². The summed E-state index contributed by atoms with van der Waals surface area (Å²) in [4.78, 5) is 14.4.